The second-order valence-electron chi connectivity index (χ2n) is 4.27. The molecular formula is C13H13BrF3N3. The van der Waals surface area contributed by atoms with Gasteiger partial charge in [0, 0.05) is 22.6 Å². The van der Waals surface area contributed by atoms with Crippen molar-refractivity contribution < 1.29 is 13.2 Å². The molecule has 2 aromatic rings. The number of nitrogens with zero attached hydrogens (tertiary/aromatic N) is 1. The molecule has 7 heteroatoms. The molecule has 1 atom stereocenters. The molecule has 0 bridgehead atoms. The molecule has 108 valence electrons. The minimum Gasteiger partial charge on any atom is -0.375 e. The number of H-pyrrole nitrogens is 1. The van der Waals surface area contributed by atoms with E-state index in [4.69, 9.17) is 0 Å². The number of aromatic amines is 1. The van der Waals surface area contributed by atoms with Gasteiger partial charge in [-0.1, -0.05) is 22.9 Å². The first-order chi connectivity index (χ1) is 9.41. The number of halogens is 4. The van der Waals surface area contributed by atoms with Crippen LogP contribution in [0.2, 0.25) is 0 Å². The number of anilines is 1. The fourth-order valence-electron chi connectivity index (χ4n) is 1.90. The molecule has 0 amide bonds. The largest absolute Gasteiger partial charge is 0.418 e. The van der Waals surface area contributed by atoms with Crippen LogP contribution in [0.15, 0.2) is 35.1 Å². The lowest BCUT2D eigenvalue weighted by Crippen LogP contribution is -2.16. The number of hydrogen-bond acceptors (Lipinski definition) is 2. The fourth-order valence-corrected chi connectivity index (χ4v) is 2.26. The monoisotopic (exact) mass is 347 g/mol. The minimum atomic E-state index is -4.40. The van der Waals surface area contributed by atoms with Gasteiger partial charge in [0.2, 0.25) is 0 Å². The molecule has 0 saturated heterocycles. The zero-order chi connectivity index (χ0) is 14.8. The Kier molecular flexibility index (Phi) is 4.37. The van der Waals surface area contributed by atoms with Crippen LogP contribution in [0.1, 0.15) is 30.8 Å². The molecule has 0 fully saturated rings. The van der Waals surface area contributed by atoms with Gasteiger partial charge < -0.3 is 10.3 Å². The van der Waals surface area contributed by atoms with E-state index in [1.165, 1.54) is 12.1 Å². The average Bonchev–Trinajstić information content (AvgIpc) is 2.88. The molecule has 1 aromatic carbocycles. The van der Waals surface area contributed by atoms with E-state index in [2.05, 4.69) is 31.2 Å². The Balaban J connectivity index is 2.34. The lowest BCUT2D eigenvalue weighted by molar-refractivity contribution is -0.137. The summed E-state index contributed by atoms with van der Waals surface area (Å²) in [5.74, 6) is 0.612. The number of hydrogen-bond donors (Lipinski definition) is 2. The van der Waals surface area contributed by atoms with Crippen molar-refractivity contribution in [2.24, 2.45) is 0 Å². The van der Waals surface area contributed by atoms with E-state index in [1.807, 2.05) is 6.92 Å². The third-order valence-corrected chi connectivity index (χ3v) is 3.37. The third-order valence-electron chi connectivity index (χ3n) is 2.87. The minimum absolute atomic E-state index is 0.0372. The first-order valence-corrected chi connectivity index (χ1v) is 6.83. The van der Waals surface area contributed by atoms with Gasteiger partial charge in [0.1, 0.15) is 5.82 Å². The zero-order valence-corrected chi connectivity index (χ0v) is 12.2. The van der Waals surface area contributed by atoms with Crippen LogP contribution in [-0.4, -0.2) is 9.97 Å². The predicted octanol–water partition coefficient (Wildman–Crippen LogP) is 4.75. The van der Waals surface area contributed by atoms with Crippen molar-refractivity contribution in [3.05, 3.63) is 46.5 Å². The van der Waals surface area contributed by atoms with Gasteiger partial charge in [0.25, 0.3) is 0 Å². The van der Waals surface area contributed by atoms with Crippen LogP contribution in [0, 0.1) is 0 Å². The van der Waals surface area contributed by atoms with Gasteiger partial charge in [0.15, 0.2) is 0 Å². The number of aromatic nitrogens is 2. The van der Waals surface area contributed by atoms with Crippen LogP contribution in [0.25, 0.3) is 0 Å². The van der Waals surface area contributed by atoms with Crippen molar-refractivity contribution in [3.8, 4) is 0 Å². The van der Waals surface area contributed by atoms with Crippen molar-refractivity contribution in [2.75, 3.05) is 5.32 Å². The van der Waals surface area contributed by atoms with Crippen molar-refractivity contribution in [3.63, 3.8) is 0 Å². The van der Waals surface area contributed by atoms with Gasteiger partial charge >= 0.3 is 6.18 Å². The summed E-state index contributed by atoms with van der Waals surface area (Å²) < 4.78 is 39.6. The van der Waals surface area contributed by atoms with E-state index in [1.54, 1.807) is 12.4 Å². The molecule has 1 aromatic heterocycles. The van der Waals surface area contributed by atoms with Crippen LogP contribution in [0.5, 0.6) is 0 Å². The van der Waals surface area contributed by atoms with Crippen molar-refractivity contribution in [1.29, 1.82) is 0 Å². The second-order valence-corrected chi connectivity index (χ2v) is 5.18. The van der Waals surface area contributed by atoms with E-state index in [0.29, 0.717) is 16.7 Å². The van der Waals surface area contributed by atoms with Gasteiger partial charge in [-0.25, -0.2) is 4.98 Å². The normalized spacial score (nSPS) is 13.2. The van der Waals surface area contributed by atoms with Crippen LogP contribution in [-0.2, 0) is 6.18 Å². The first kappa shape index (κ1) is 14.9. The molecule has 2 rings (SSSR count). The van der Waals surface area contributed by atoms with Crippen LogP contribution in [0.3, 0.4) is 0 Å². The third kappa shape index (κ3) is 3.33. The summed E-state index contributed by atoms with van der Waals surface area (Å²) in [6.45, 7) is 1.88. The summed E-state index contributed by atoms with van der Waals surface area (Å²) in [5.41, 5.74) is -0.652. The number of nitrogens with one attached hydrogen (secondary N) is 2. The molecule has 0 aliphatic heterocycles. The van der Waals surface area contributed by atoms with Crippen molar-refractivity contribution in [2.45, 2.75) is 25.6 Å². The molecule has 1 heterocycles. The van der Waals surface area contributed by atoms with Crippen molar-refractivity contribution in [1.82, 2.24) is 9.97 Å². The summed E-state index contributed by atoms with van der Waals surface area (Å²) in [7, 11) is 0. The quantitative estimate of drug-likeness (QED) is 0.837. The molecule has 0 spiro atoms. The van der Waals surface area contributed by atoms with Gasteiger partial charge in [0.05, 0.1) is 11.6 Å². The SMILES string of the molecule is CCC(Nc1cc(Br)ccc1C(F)(F)F)c1ncc[nH]1. The van der Waals surface area contributed by atoms with Crippen LogP contribution >= 0.6 is 15.9 Å². The Morgan fingerprint density at radius 3 is 2.70 bits per heavy atom. The molecule has 0 saturated carbocycles. The standard InChI is InChI=1S/C13H13BrF3N3/c1-2-10(12-18-5-6-19-12)20-11-7-8(14)3-4-9(11)13(15,16)17/h3-7,10,20H,2H2,1H3,(H,18,19). The first-order valence-electron chi connectivity index (χ1n) is 6.04. The maximum absolute atomic E-state index is 13.0. The highest BCUT2D eigenvalue weighted by atomic mass is 79.9. The highest BCUT2D eigenvalue weighted by molar-refractivity contribution is 9.10. The smallest absolute Gasteiger partial charge is 0.375 e. The summed E-state index contributed by atoms with van der Waals surface area (Å²) in [6.07, 6.45) is -0.571. The van der Waals surface area contributed by atoms with Crippen LogP contribution in [0.4, 0.5) is 18.9 Å². The maximum atomic E-state index is 13.0. The number of alkyl halides is 3. The summed E-state index contributed by atoms with van der Waals surface area (Å²) in [5, 5.41) is 2.90. The Bertz CT molecular complexity index is 567. The molecular weight excluding hydrogens is 335 g/mol. The zero-order valence-electron chi connectivity index (χ0n) is 10.6. The Labute approximate surface area is 122 Å². The van der Waals surface area contributed by atoms with E-state index in [-0.39, 0.29) is 11.7 Å². The molecule has 0 aliphatic rings. The summed E-state index contributed by atoms with van der Waals surface area (Å²) in [4.78, 5) is 7.00. The van der Waals surface area contributed by atoms with Crippen LogP contribution < -0.4 is 5.32 Å². The van der Waals surface area contributed by atoms with Gasteiger partial charge in [-0.2, -0.15) is 13.2 Å². The molecule has 1 unspecified atom stereocenters. The second kappa shape index (κ2) is 5.87. The van der Waals surface area contributed by atoms with E-state index in [0.717, 1.165) is 6.07 Å². The molecule has 2 N–H and O–H groups in total. The van der Waals surface area contributed by atoms with E-state index >= 15 is 0 Å². The average molecular weight is 348 g/mol. The number of benzene rings is 1. The number of rotatable bonds is 4. The molecule has 3 nitrogen and oxygen atoms in total. The van der Waals surface area contributed by atoms with E-state index in [9.17, 15) is 13.2 Å². The lowest BCUT2D eigenvalue weighted by Gasteiger charge is -2.20. The summed E-state index contributed by atoms with van der Waals surface area (Å²) >= 11 is 3.19. The Morgan fingerprint density at radius 2 is 2.15 bits per heavy atom. The molecule has 0 aliphatic carbocycles. The van der Waals surface area contributed by atoms with Gasteiger partial charge in [-0.3, -0.25) is 0 Å². The lowest BCUT2D eigenvalue weighted by atomic mass is 10.1. The summed E-state index contributed by atoms with van der Waals surface area (Å²) in [6, 6.07) is 3.55. The van der Waals surface area contributed by atoms with E-state index < -0.39 is 11.7 Å². The highest BCUT2D eigenvalue weighted by Gasteiger charge is 2.34. The maximum Gasteiger partial charge on any atom is 0.418 e. The van der Waals surface area contributed by atoms with Gasteiger partial charge in [-0.05, 0) is 24.6 Å². The van der Waals surface area contributed by atoms with Gasteiger partial charge in [-0.15, -0.1) is 0 Å². The highest BCUT2D eigenvalue weighted by Crippen LogP contribution is 2.37. The predicted molar refractivity (Wildman–Crippen MR) is 74.4 cm³/mol. The fraction of sp³-hybridized carbons (Fsp3) is 0.308. The molecule has 0 radical (unpaired) electrons. The molecule has 20 heavy (non-hydrogen) atoms. The Hall–Kier alpha value is -1.50. The topological polar surface area (TPSA) is 40.7 Å². The Morgan fingerprint density at radius 1 is 1.40 bits per heavy atom. The van der Waals surface area contributed by atoms with Crippen molar-refractivity contribution >= 4 is 21.6 Å². The number of imidazole rings is 1.